The van der Waals surface area contributed by atoms with E-state index in [2.05, 4.69) is 35.4 Å². The average Bonchev–Trinajstić information content (AvgIpc) is 2.96. The third-order valence-electron chi connectivity index (χ3n) is 3.57. The van der Waals surface area contributed by atoms with Crippen molar-refractivity contribution in [3.8, 4) is 0 Å². The van der Waals surface area contributed by atoms with E-state index in [9.17, 15) is 4.79 Å². The third-order valence-corrected chi connectivity index (χ3v) is 3.57. The standard InChI is InChI=1S/C17H17N3O/c1-2-10-20-16(12-18-19-20)17(21)11-14-8-5-7-13-6-3-4-9-15(13)14/h3-9,12H,2,10-11H2,1H3. The lowest BCUT2D eigenvalue weighted by Crippen LogP contribution is -2.12. The summed E-state index contributed by atoms with van der Waals surface area (Å²) in [5.74, 6) is 0.0600. The molecule has 0 aliphatic carbocycles. The van der Waals surface area contributed by atoms with Crippen LogP contribution in [0.25, 0.3) is 10.8 Å². The second-order valence-corrected chi connectivity index (χ2v) is 5.08. The lowest BCUT2D eigenvalue weighted by Gasteiger charge is -2.07. The average molecular weight is 279 g/mol. The molecular formula is C17H17N3O. The summed E-state index contributed by atoms with van der Waals surface area (Å²) in [5, 5.41) is 10.1. The molecule has 0 aliphatic heterocycles. The molecule has 0 aliphatic rings. The van der Waals surface area contributed by atoms with Crippen molar-refractivity contribution < 1.29 is 4.79 Å². The van der Waals surface area contributed by atoms with E-state index in [1.165, 1.54) is 0 Å². The van der Waals surface area contributed by atoms with Crippen LogP contribution < -0.4 is 0 Å². The molecule has 0 unspecified atom stereocenters. The first-order valence-electron chi connectivity index (χ1n) is 7.18. The van der Waals surface area contributed by atoms with Crippen molar-refractivity contribution in [2.24, 2.45) is 0 Å². The fourth-order valence-corrected chi connectivity index (χ4v) is 2.56. The van der Waals surface area contributed by atoms with Gasteiger partial charge < -0.3 is 0 Å². The Morgan fingerprint density at radius 2 is 1.95 bits per heavy atom. The molecule has 21 heavy (non-hydrogen) atoms. The number of aryl methyl sites for hydroxylation is 1. The first-order valence-corrected chi connectivity index (χ1v) is 7.18. The number of ketones is 1. The molecule has 0 atom stereocenters. The maximum atomic E-state index is 12.5. The number of nitrogens with zero attached hydrogens (tertiary/aromatic N) is 3. The molecule has 4 heteroatoms. The van der Waals surface area contributed by atoms with E-state index in [1.807, 2.05) is 24.3 Å². The van der Waals surface area contributed by atoms with Gasteiger partial charge in [0.15, 0.2) is 5.78 Å². The van der Waals surface area contributed by atoms with Crippen LogP contribution in [-0.4, -0.2) is 20.8 Å². The van der Waals surface area contributed by atoms with Crippen molar-refractivity contribution in [2.45, 2.75) is 26.3 Å². The monoisotopic (exact) mass is 279 g/mol. The number of hydrogen-bond donors (Lipinski definition) is 0. The minimum absolute atomic E-state index is 0.0600. The number of rotatable bonds is 5. The van der Waals surface area contributed by atoms with E-state index in [4.69, 9.17) is 0 Å². The molecule has 0 N–H and O–H groups in total. The zero-order chi connectivity index (χ0) is 14.7. The molecule has 3 aromatic rings. The normalized spacial score (nSPS) is 10.9. The Labute approximate surface area is 123 Å². The highest BCUT2D eigenvalue weighted by Crippen LogP contribution is 2.20. The zero-order valence-electron chi connectivity index (χ0n) is 12.0. The van der Waals surface area contributed by atoms with Crippen molar-refractivity contribution in [3.05, 3.63) is 59.9 Å². The van der Waals surface area contributed by atoms with Crippen molar-refractivity contribution in [1.29, 1.82) is 0 Å². The summed E-state index contributed by atoms with van der Waals surface area (Å²) in [6, 6.07) is 14.2. The van der Waals surface area contributed by atoms with Crippen molar-refractivity contribution in [2.75, 3.05) is 0 Å². The van der Waals surface area contributed by atoms with Crippen LogP contribution in [0.1, 0.15) is 29.4 Å². The Morgan fingerprint density at radius 1 is 1.14 bits per heavy atom. The van der Waals surface area contributed by atoms with E-state index >= 15 is 0 Å². The Bertz CT molecular complexity index is 771. The SMILES string of the molecule is CCCn1nncc1C(=O)Cc1cccc2ccccc12. The molecule has 2 aromatic carbocycles. The number of aromatic nitrogens is 3. The van der Waals surface area contributed by atoms with Crippen molar-refractivity contribution >= 4 is 16.6 Å². The summed E-state index contributed by atoms with van der Waals surface area (Å²) >= 11 is 0. The van der Waals surface area contributed by atoms with Crippen LogP contribution in [0.4, 0.5) is 0 Å². The fourth-order valence-electron chi connectivity index (χ4n) is 2.56. The summed E-state index contributed by atoms with van der Waals surface area (Å²) in [6.07, 6.45) is 2.86. The Hall–Kier alpha value is -2.49. The lowest BCUT2D eigenvalue weighted by atomic mass is 10.00. The van der Waals surface area contributed by atoms with Crippen molar-refractivity contribution in [1.82, 2.24) is 15.0 Å². The molecule has 0 saturated heterocycles. The minimum atomic E-state index is 0.0600. The summed E-state index contributed by atoms with van der Waals surface area (Å²) in [5.41, 5.74) is 1.63. The van der Waals surface area contributed by atoms with Crippen LogP contribution in [0.3, 0.4) is 0 Å². The maximum absolute atomic E-state index is 12.5. The molecule has 1 aromatic heterocycles. The number of Topliss-reactive ketones (excluding diaryl/α,β-unsaturated/α-hetero) is 1. The number of hydrogen-bond acceptors (Lipinski definition) is 3. The third kappa shape index (κ3) is 2.70. The van der Waals surface area contributed by atoms with E-state index in [0.29, 0.717) is 12.1 Å². The molecule has 106 valence electrons. The largest absolute Gasteiger partial charge is 0.292 e. The quantitative estimate of drug-likeness (QED) is 0.673. The second-order valence-electron chi connectivity index (χ2n) is 5.08. The van der Waals surface area contributed by atoms with Crippen LogP contribution in [-0.2, 0) is 13.0 Å². The van der Waals surface area contributed by atoms with Crippen LogP contribution in [0.15, 0.2) is 48.7 Å². The van der Waals surface area contributed by atoms with Gasteiger partial charge in [-0.25, -0.2) is 4.68 Å². The van der Waals surface area contributed by atoms with Gasteiger partial charge in [-0.15, -0.1) is 5.10 Å². The predicted molar refractivity (Wildman–Crippen MR) is 82.3 cm³/mol. The Kier molecular flexibility index (Phi) is 3.77. The Balaban J connectivity index is 1.91. The van der Waals surface area contributed by atoms with Crippen LogP contribution in [0.2, 0.25) is 0 Å². The Morgan fingerprint density at radius 3 is 2.81 bits per heavy atom. The molecule has 0 saturated carbocycles. The number of carbonyl (C=O) groups excluding carboxylic acids is 1. The molecule has 1 heterocycles. The van der Waals surface area contributed by atoms with Crippen LogP contribution in [0, 0.1) is 0 Å². The number of benzene rings is 2. The molecule has 4 nitrogen and oxygen atoms in total. The summed E-state index contributed by atoms with van der Waals surface area (Å²) in [6.45, 7) is 2.78. The molecule has 0 radical (unpaired) electrons. The topological polar surface area (TPSA) is 47.8 Å². The summed E-state index contributed by atoms with van der Waals surface area (Å²) < 4.78 is 1.69. The number of fused-ring (bicyclic) bond motifs is 1. The van der Waals surface area contributed by atoms with Crippen molar-refractivity contribution in [3.63, 3.8) is 0 Å². The van der Waals surface area contributed by atoms with Gasteiger partial charge in [-0.3, -0.25) is 4.79 Å². The maximum Gasteiger partial charge on any atom is 0.186 e. The first-order chi connectivity index (χ1) is 10.3. The van der Waals surface area contributed by atoms with Gasteiger partial charge in [0.1, 0.15) is 5.69 Å². The second kappa shape index (κ2) is 5.87. The van der Waals surface area contributed by atoms with E-state index in [1.54, 1.807) is 10.9 Å². The van der Waals surface area contributed by atoms with Gasteiger partial charge in [0.2, 0.25) is 0 Å². The van der Waals surface area contributed by atoms with Gasteiger partial charge in [0.25, 0.3) is 0 Å². The molecule has 0 amide bonds. The molecular weight excluding hydrogens is 262 g/mol. The summed E-state index contributed by atoms with van der Waals surface area (Å²) in [7, 11) is 0. The highest BCUT2D eigenvalue weighted by molar-refractivity contribution is 5.98. The minimum Gasteiger partial charge on any atom is -0.292 e. The van der Waals surface area contributed by atoms with E-state index in [-0.39, 0.29) is 5.78 Å². The lowest BCUT2D eigenvalue weighted by molar-refractivity contribution is 0.0983. The highest BCUT2D eigenvalue weighted by atomic mass is 16.1. The highest BCUT2D eigenvalue weighted by Gasteiger charge is 2.14. The van der Waals surface area contributed by atoms with Gasteiger partial charge in [0, 0.05) is 13.0 Å². The van der Waals surface area contributed by atoms with Gasteiger partial charge in [-0.05, 0) is 22.8 Å². The van der Waals surface area contributed by atoms with Crippen LogP contribution in [0.5, 0.6) is 0 Å². The van der Waals surface area contributed by atoms with Crippen LogP contribution >= 0.6 is 0 Å². The molecule has 0 bridgehead atoms. The van der Waals surface area contributed by atoms with E-state index in [0.717, 1.165) is 29.3 Å². The predicted octanol–water partition coefficient (Wildman–Crippen LogP) is 3.27. The first kappa shape index (κ1) is 13.5. The van der Waals surface area contributed by atoms with Gasteiger partial charge in [-0.2, -0.15) is 0 Å². The number of carbonyl (C=O) groups is 1. The van der Waals surface area contributed by atoms with Gasteiger partial charge >= 0.3 is 0 Å². The van der Waals surface area contributed by atoms with E-state index < -0.39 is 0 Å². The summed E-state index contributed by atoms with van der Waals surface area (Å²) in [4.78, 5) is 12.5. The molecule has 0 fully saturated rings. The smallest absolute Gasteiger partial charge is 0.186 e. The fraction of sp³-hybridized carbons (Fsp3) is 0.235. The van der Waals surface area contributed by atoms with Gasteiger partial charge in [0.05, 0.1) is 6.20 Å². The zero-order valence-corrected chi connectivity index (χ0v) is 12.0. The molecule has 3 rings (SSSR count). The molecule has 0 spiro atoms. The van der Waals surface area contributed by atoms with Gasteiger partial charge in [-0.1, -0.05) is 54.6 Å².